The van der Waals surface area contributed by atoms with Crippen molar-refractivity contribution in [2.75, 3.05) is 11.9 Å². The summed E-state index contributed by atoms with van der Waals surface area (Å²) in [4.78, 5) is 23.4. The predicted molar refractivity (Wildman–Crippen MR) is 88.0 cm³/mol. The molecule has 0 aliphatic rings. The minimum Gasteiger partial charge on any atom is -0.444 e. The van der Waals surface area contributed by atoms with E-state index in [4.69, 9.17) is 4.74 Å². The van der Waals surface area contributed by atoms with Gasteiger partial charge in [0.2, 0.25) is 5.91 Å². The Labute approximate surface area is 132 Å². The molecule has 1 aromatic rings. The molecule has 0 radical (unpaired) electrons. The molecule has 5 nitrogen and oxygen atoms in total. The van der Waals surface area contributed by atoms with Gasteiger partial charge in [-0.2, -0.15) is 0 Å². The van der Waals surface area contributed by atoms with Crippen LogP contribution < -0.4 is 10.6 Å². The number of carbonyl (C=O) groups is 2. The number of para-hydroxylation sites is 1. The molecule has 0 aliphatic heterocycles. The average Bonchev–Trinajstić information content (AvgIpc) is 2.37. The molecule has 2 N–H and O–H groups in total. The second-order valence-electron chi connectivity index (χ2n) is 6.35. The maximum Gasteiger partial charge on any atom is 0.407 e. The largest absolute Gasteiger partial charge is 0.444 e. The first kappa shape index (κ1) is 18.0. The monoisotopic (exact) mass is 306 g/mol. The van der Waals surface area contributed by atoms with Gasteiger partial charge in [-0.05, 0) is 52.2 Å². The number of amides is 2. The molecule has 0 spiro atoms. The van der Waals surface area contributed by atoms with Gasteiger partial charge in [-0.1, -0.05) is 18.2 Å². The number of nitrogens with one attached hydrogen (secondary N) is 2. The molecule has 0 saturated carbocycles. The van der Waals surface area contributed by atoms with Crippen LogP contribution in [0.2, 0.25) is 0 Å². The predicted octanol–water partition coefficient (Wildman–Crippen LogP) is 3.55. The molecule has 0 fully saturated rings. The van der Waals surface area contributed by atoms with Crippen LogP contribution in [0.15, 0.2) is 18.2 Å². The maximum absolute atomic E-state index is 11.9. The minimum atomic E-state index is -0.510. The Bertz CT molecular complexity index is 513. The van der Waals surface area contributed by atoms with Gasteiger partial charge in [0.1, 0.15) is 5.60 Å². The van der Waals surface area contributed by atoms with Gasteiger partial charge in [-0.15, -0.1) is 0 Å². The molecular weight excluding hydrogens is 280 g/mol. The highest BCUT2D eigenvalue weighted by Crippen LogP contribution is 2.19. The number of alkyl carbamates (subject to hydrolysis) is 1. The van der Waals surface area contributed by atoms with E-state index in [2.05, 4.69) is 10.6 Å². The smallest absolute Gasteiger partial charge is 0.407 e. The third kappa shape index (κ3) is 6.61. The zero-order valence-corrected chi connectivity index (χ0v) is 14.1. The van der Waals surface area contributed by atoms with Gasteiger partial charge in [0.05, 0.1) is 0 Å². The number of hydrogen-bond acceptors (Lipinski definition) is 3. The molecule has 0 aliphatic carbocycles. The fraction of sp³-hybridized carbons (Fsp3) is 0.529. The molecule has 1 aromatic carbocycles. The lowest BCUT2D eigenvalue weighted by Gasteiger charge is -2.19. The van der Waals surface area contributed by atoms with E-state index in [1.165, 1.54) is 0 Å². The lowest BCUT2D eigenvalue weighted by Crippen LogP contribution is -2.33. The second kappa shape index (κ2) is 7.82. The van der Waals surface area contributed by atoms with Crippen molar-refractivity contribution in [2.45, 2.75) is 53.1 Å². The highest BCUT2D eigenvalue weighted by atomic mass is 16.6. The standard InChI is InChI=1S/C17H26N2O3/c1-12-8-6-9-13(2)15(12)19-14(20)10-7-11-18-16(21)22-17(3,4)5/h6,8-9H,7,10-11H2,1-5H3,(H,18,21)(H,19,20). The number of benzene rings is 1. The summed E-state index contributed by atoms with van der Waals surface area (Å²) in [5, 5.41) is 5.56. The van der Waals surface area contributed by atoms with Gasteiger partial charge in [-0.3, -0.25) is 4.79 Å². The highest BCUT2D eigenvalue weighted by Gasteiger charge is 2.15. The summed E-state index contributed by atoms with van der Waals surface area (Å²) in [5.74, 6) is -0.0524. The topological polar surface area (TPSA) is 67.4 Å². The summed E-state index contributed by atoms with van der Waals surface area (Å²) in [6.07, 6.45) is 0.460. The quantitative estimate of drug-likeness (QED) is 0.818. The maximum atomic E-state index is 11.9. The first-order valence-corrected chi connectivity index (χ1v) is 7.52. The molecule has 0 saturated heterocycles. The molecule has 22 heavy (non-hydrogen) atoms. The fourth-order valence-corrected chi connectivity index (χ4v) is 1.97. The van der Waals surface area contributed by atoms with E-state index in [-0.39, 0.29) is 5.91 Å². The molecule has 5 heteroatoms. The third-order valence-corrected chi connectivity index (χ3v) is 2.99. The van der Waals surface area contributed by atoms with E-state index in [0.717, 1.165) is 16.8 Å². The van der Waals surface area contributed by atoms with Crippen molar-refractivity contribution < 1.29 is 14.3 Å². The molecule has 0 atom stereocenters. The van der Waals surface area contributed by atoms with Crippen molar-refractivity contribution in [1.82, 2.24) is 5.32 Å². The fourth-order valence-electron chi connectivity index (χ4n) is 1.97. The molecular formula is C17H26N2O3. The highest BCUT2D eigenvalue weighted by molar-refractivity contribution is 5.92. The van der Waals surface area contributed by atoms with E-state index in [1.54, 1.807) is 0 Å². The SMILES string of the molecule is Cc1cccc(C)c1NC(=O)CCCNC(=O)OC(C)(C)C. The summed E-state index contributed by atoms with van der Waals surface area (Å²) in [5.41, 5.74) is 2.44. The summed E-state index contributed by atoms with van der Waals surface area (Å²) in [6, 6.07) is 5.89. The van der Waals surface area contributed by atoms with E-state index in [1.807, 2.05) is 52.8 Å². The molecule has 0 bridgehead atoms. The number of rotatable bonds is 5. The van der Waals surface area contributed by atoms with Gasteiger partial charge in [0.15, 0.2) is 0 Å². The molecule has 0 aromatic heterocycles. The Kier molecular flexibility index (Phi) is 6.40. The van der Waals surface area contributed by atoms with Crippen LogP contribution in [0.1, 0.15) is 44.7 Å². The Morgan fingerprint density at radius 1 is 1.14 bits per heavy atom. The van der Waals surface area contributed by atoms with Crippen LogP contribution in [-0.4, -0.2) is 24.1 Å². The van der Waals surface area contributed by atoms with Crippen LogP contribution in [0.25, 0.3) is 0 Å². The van der Waals surface area contributed by atoms with Crippen LogP contribution in [-0.2, 0) is 9.53 Å². The first-order chi connectivity index (χ1) is 10.2. The van der Waals surface area contributed by atoms with Crippen LogP contribution in [0, 0.1) is 13.8 Å². The lowest BCUT2D eigenvalue weighted by atomic mass is 10.1. The number of hydrogen-bond donors (Lipinski definition) is 2. The Morgan fingerprint density at radius 3 is 2.27 bits per heavy atom. The summed E-state index contributed by atoms with van der Waals surface area (Å²) < 4.78 is 5.12. The van der Waals surface area contributed by atoms with Crippen LogP contribution in [0.5, 0.6) is 0 Å². The average molecular weight is 306 g/mol. The zero-order chi connectivity index (χ0) is 16.8. The summed E-state index contributed by atoms with van der Waals surface area (Å²) >= 11 is 0. The molecule has 2 amide bonds. The normalized spacial score (nSPS) is 11.0. The van der Waals surface area contributed by atoms with Crippen LogP contribution >= 0.6 is 0 Å². The van der Waals surface area contributed by atoms with E-state index >= 15 is 0 Å². The Hall–Kier alpha value is -2.04. The lowest BCUT2D eigenvalue weighted by molar-refractivity contribution is -0.116. The Balaban J connectivity index is 2.31. The first-order valence-electron chi connectivity index (χ1n) is 7.52. The molecule has 1 rings (SSSR count). The zero-order valence-electron chi connectivity index (χ0n) is 14.1. The second-order valence-corrected chi connectivity index (χ2v) is 6.35. The van der Waals surface area contributed by atoms with Crippen LogP contribution in [0.3, 0.4) is 0 Å². The number of ether oxygens (including phenoxy) is 1. The van der Waals surface area contributed by atoms with Crippen molar-refractivity contribution in [2.24, 2.45) is 0 Å². The molecule has 122 valence electrons. The van der Waals surface area contributed by atoms with E-state index in [9.17, 15) is 9.59 Å². The van der Waals surface area contributed by atoms with Gasteiger partial charge < -0.3 is 15.4 Å². The van der Waals surface area contributed by atoms with Gasteiger partial charge in [0.25, 0.3) is 0 Å². The molecule has 0 unspecified atom stereocenters. The number of carbonyl (C=O) groups excluding carboxylic acids is 2. The van der Waals surface area contributed by atoms with Crippen LogP contribution in [0.4, 0.5) is 10.5 Å². The van der Waals surface area contributed by atoms with Gasteiger partial charge in [0, 0.05) is 18.7 Å². The van der Waals surface area contributed by atoms with Crippen molar-refractivity contribution in [3.63, 3.8) is 0 Å². The van der Waals surface area contributed by atoms with Gasteiger partial charge >= 0.3 is 6.09 Å². The Morgan fingerprint density at radius 2 is 1.73 bits per heavy atom. The van der Waals surface area contributed by atoms with Gasteiger partial charge in [-0.25, -0.2) is 4.79 Å². The van der Waals surface area contributed by atoms with Crippen molar-refractivity contribution in [1.29, 1.82) is 0 Å². The van der Waals surface area contributed by atoms with E-state index < -0.39 is 11.7 Å². The summed E-state index contributed by atoms with van der Waals surface area (Å²) in [6.45, 7) is 9.77. The number of aryl methyl sites for hydroxylation is 2. The van der Waals surface area contributed by atoms with Crippen molar-refractivity contribution in [3.8, 4) is 0 Å². The van der Waals surface area contributed by atoms with Crippen molar-refractivity contribution >= 4 is 17.7 Å². The van der Waals surface area contributed by atoms with Crippen molar-refractivity contribution in [3.05, 3.63) is 29.3 Å². The third-order valence-electron chi connectivity index (χ3n) is 2.99. The summed E-state index contributed by atoms with van der Waals surface area (Å²) in [7, 11) is 0. The number of anilines is 1. The molecule has 0 heterocycles. The minimum absolute atomic E-state index is 0.0524. The van der Waals surface area contributed by atoms with E-state index in [0.29, 0.717) is 19.4 Å².